The third-order valence-electron chi connectivity index (χ3n) is 1.51. The molecule has 0 saturated heterocycles. The number of ether oxygens (including phenoxy) is 2. The third-order valence-corrected chi connectivity index (χ3v) is 1.51. The predicted molar refractivity (Wildman–Crippen MR) is 53.2 cm³/mol. The molecule has 1 rings (SSSR count). The summed E-state index contributed by atoms with van der Waals surface area (Å²) in [4.78, 5) is 10.8. The molecule has 0 aliphatic heterocycles. The van der Waals surface area contributed by atoms with Gasteiger partial charge in [0.2, 0.25) is 0 Å². The van der Waals surface area contributed by atoms with Gasteiger partial charge < -0.3 is 9.47 Å². The molecule has 0 fully saturated rings. The van der Waals surface area contributed by atoms with E-state index in [9.17, 15) is 4.79 Å². The molecule has 1 aromatic carbocycles. The predicted octanol–water partition coefficient (Wildman–Crippen LogP) is 1.95. The average Bonchev–Trinajstić information content (AvgIpc) is 2.20. The van der Waals surface area contributed by atoms with Crippen LogP contribution in [0.2, 0.25) is 0 Å². The van der Waals surface area contributed by atoms with Gasteiger partial charge in [-0.1, -0.05) is 12.1 Å². The molecule has 0 aliphatic rings. The molecular formula is C10H13NO4. The van der Waals surface area contributed by atoms with E-state index in [1.807, 2.05) is 13.8 Å². The summed E-state index contributed by atoms with van der Waals surface area (Å²) < 4.78 is 10.2. The van der Waals surface area contributed by atoms with Crippen molar-refractivity contribution in [1.29, 1.82) is 0 Å². The molecule has 0 unspecified atom stereocenters. The molecule has 0 aliphatic carbocycles. The summed E-state index contributed by atoms with van der Waals surface area (Å²) >= 11 is 0. The van der Waals surface area contributed by atoms with Gasteiger partial charge in [0.25, 0.3) is 0 Å². The Morgan fingerprint density at radius 1 is 1.33 bits per heavy atom. The van der Waals surface area contributed by atoms with E-state index in [1.165, 1.54) is 5.48 Å². The maximum absolute atomic E-state index is 10.8. The van der Waals surface area contributed by atoms with E-state index in [2.05, 4.69) is 0 Å². The number of amides is 1. The minimum Gasteiger partial charge on any atom is -0.487 e. The second kappa shape index (κ2) is 5.21. The second-order valence-corrected chi connectivity index (χ2v) is 3.11. The molecule has 5 nitrogen and oxygen atoms in total. The highest BCUT2D eigenvalue weighted by molar-refractivity contribution is 5.69. The molecule has 0 atom stereocenters. The summed E-state index contributed by atoms with van der Waals surface area (Å²) in [5.41, 5.74) is 1.38. The van der Waals surface area contributed by atoms with Crippen molar-refractivity contribution in [2.45, 2.75) is 20.0 Å². The lowest BCUT2D eigenvalue weighted by molar-refractivity contribution is 0.125. The molecule has 0 spiro atoms. The lowest BCUT2D eigenvalue weighted by atomic mass is 10.3. The number of hydrogen-bond acceptors (Lipinski definition) is 4. The van der Waals surface area contributed by atoms with Gasteiger partial charge in [0, 0.05) is 0 Å². The van der Waals surface area contributed by atoms with E-state index in [0.29, 0.717) is 5.75 Å². The number of benzene rings is 1. The maximum atomic E-state index is 10.8. The van der Waals surface area contributed by atoms with E-state index in [-0.39, 0.29) is 11.9 Å². The zero-order chi connectivity index (χ0) is 11.3. The Labute approximate surface area is 87.6 Å². The Balaban J connectivity index is 2.81. The first kappa shape index (κ1) is 11.3. The van der Waals surface area contributed by atoms with Crippen LogP contribution in [-0.4, -0.2) is 17.4 Å². The van der Waals surface area contributed by atoms with Crippen molar-refractivity contribution in [2.24, 2.45) is 0 Å². The first-order valence-electron chi connectivity index (χ1n) is 4.51. The van der Waals surface area contributed by atoms with Crippen molar-refractivity contribution in [3.05, 3.63) is 24.3 Å². The van der Waals surface area contributed by atoms with Gasteiger partial charge in [0.15, 0.2) is 11.5 Å². The molecule has 1 amide bonds. The molecule has 2 N–H and O–H groups in total. The fourth-order valence-electron chi connectivity index (χ4n) is 1.01. The molecule has 5 heteroatoms. The van der Waals surface area contributed by atoms with Gasteiger partial charge in [-0.3, -0.25) is 5.21 Å². The average molecular weight is 211 g/mol. The van der Waals surface area contributed by atoms with E-state index < -0.39 is 6.09 Å². The number of nitrogens with one attached hydrogen (secondary N) is 1. The topological polar surface area (TPSA) is 67.8 Å². The number of hydrogen-bond donors (Lipinski definition) is 2. The Kier molecular flexibility index (Phi) is 3.93. The summed E-state index contributed by atoms with van der Waals surface area (Å²) in [6, 6.07) is 6.72. The Hall–Kier alpha value is -1.75. The summed E-state index contributed by atoms with van der Waals surface area (Å²) in [5, 5.41) is 8.30. The van der Waals surface area contributed by atoms with Crippen LogP contribution in [0.5, 0.6) is 11.5 Å². The van der Waals surface area contributed by atoms with Crippen LogP contribution >= 0.6 is 0 Å². The molecule has 15 heavy (non-hydrogen) atoms. The molecule has 0 radical (unpaired) electrons. The molecule has 1 aromatic rings. The van der Waals surface area contributed by atoms with Gasteiger partial charge in [-0.25, -0.2) is 10.3 Å². The summed E-state index contributed by atoms with van der Waals surface area (Å²) in [6.45, 7) is 3.73. The van der Waals surface area contributed by atoms with Crippen molar-refractivity contribution in [1.82, 2.24) is 5.48 Å². The van der Waals surface area contributed by atoms with E-state index in [0.717, 1.165) is 0 Å². The van der Waals surface area contributed by atoms with Crippen molar-refractivity contribution in [3.8, 4) is 11.5 Å². The lowest BCUT2D eigenvalue weighted by Gasteiger charge is -2.13. The summed E-state index contributed by atoms with van der Waals surface area (Å²) in [5.74, 6) is 0.717. The van der Waals surface area contributed by atoms with Crippen LogP contribution in [0.4, 0.5) is 4.79 Å². The van der Waals surface area contributed by atoms with Crippen molar-refractivity contribution in [2.75, 3.05) is 0 Å². The van der Waals surface area contributed by atoms with E-state index >= 15 is 0 Å². The SMILES string of the molecule is CC(C)Oc1ccccc1OC(=O)NO. The molecule has 0 saturated carbocycles. The van der Waals surface area contributed by atoms with E-state index in [4.69, 9.17) is 14.7 Å². The number of rotatable bonds is 3. The zero-order valence-electron chi connectivity index (χ0n) is 8.56. The Bertz CT molecular complexity index is 338. The van der Waals surface area contributed by atoms with Gasteiger partial charge in [-0.05, 0) is 26.0 Å². The molecule has 0 heterocycles. The minimum atomic E-state index is -0.949. The third kappa shape index (κ3) is 3.47. The standard InChI is InChI=1S/C10H13NO4/c1-7(2)14-8-5-3-4-6-9(8)15-10(12)11-13/h3-7,13H,1-2H3,(H,11,12). The monoisotopic (exact) mass is 211 g/mol. The number of carbonyl (C=O) groups excluding carboxylic acids is 1. The van der Waals surface area contributed by atoms with Gasteiger partial charge >= 0.3 is 6.09 Å². The van der Waals surface area contributed by atoms with Gasteiger partial charge in [0.1, 0.15) is 0 Å². The molecule has 0 bridgehead atoms. The van der Waals surface area contributed by atoms with Gasteiger partial charge in [0.05, 0.1) is 6.10 Å². The normalized spacial score (nSPS) is 9.87. The van der Waals surface area contributed by atoms with Crippen molar-refractivity contribution < 1.29 is 19.5 Å². The van der Waals surface area contributed by atoms with Crippen LogP contribution in [0.15, 0.2) is 24.3 Å². The maximum Gasteiger partial charge on any atom is 0.436 e. The van der Waals surface area contributed by atoms with Crippen LogP contribution < -0.4 is 15.0 Å². The molecule has 82 valence electrons. The Morgan fingerprint density at radius 2 is 1.93 bits per heavy atom. The smallest absolute Gasteiger partial charge is 0.436 e. The van der Waals surface area contributed by atoms with Crippen LogP contribution in [0.1, 0.15) is 13.8 Å². The van der Waals surface area contributed by atoms with Crippen LogP contribution in [0.25, 0.3) is 0 Å². The summed E-state index contributed by atoms with van der Waals surface area (Å²) in [6.07, 6.45) is -0.971. The fourth-order valence-corrected chi connectivity index (χ4v) is 1.01. The van der Waals surface area contributed by atoms with Crippen LogP contribution in [0, 0.1) is 0 Å². The highest BCUT2D eigenvalue weighted by atomic mass is 16.6. The largest absolute Gasteiger partial charge is 0.487 e. The molecular weight excluding hydrogens is 198 g/mol. The molecule has 0 aromatic heterocycles. The summed E-state index contributed by atoms with van der Waals surface area (Å²) in [7, 11) is 0. The number of hydroxylamine groups is 1. The van der Waals surface area contributed by atoms with E-state index in [1.54, 1.807) is 24.3 Å². The highest BCUT2D eigenvalue weighted by Crippen LogP contribution is 2.27. The number of carbonyl (C=O) groups is 1. The van der Waals surface area contributed by atoms with Crippen LogP contribution in [-0.2, 0) is 0 Å². The van der Waals surface area contributed by atoms with Crippen LogP contribution in [0.3, 0.4) is 0 Å². The Morgan fingerprint density at radius 3 is 2.47 bits per heavy atom. The van der Waals surface area contributed by atoms with Gasteiger partial charge in [-0.2, -0.15) is 0 Å². The minimum absolute atomic E-state index is 0.0214. The first-order chi connectivity index (χ1) is 7.13. The first-order valence-corrected chi connectivity index (χ1v) is 4.51. The highest BCUT2D eigenvalue weighted by Gasteiger charge is 2.09. The lowest BCUT2D eigenvalue weighted by Crippen LogP contribution is -2.23. The van der Waals surface area contributed by atoms with Crippen molar-refractivity contribution >= 4 is 6.09 Å². The fraction of sp³-hybridized carbons (Fsp3) is 0.300. The van der Waals surface area contributed by atoms with Crippen molar-refractivity contribution in [3.63, 3.8) is 0 Å². The van der Waals surface area contributed by atoms with Gasteiger partial charge in [-0.15, -0.1) is 0 Å². The zero-order valence-corrected chi connectivity index (χ0v) is 8.56. The quantitative estimate of drug-likeness (QED) is 0.592. The second-order valence-electron chi connectivity index (χ2n) is 3.11. The number of para-hydroxylation sites is 2.